The number of hydrogen-bond acceptors (Lipinski definition) is 5. The Balaban J connectivity index is 1.49. The van der Waals surface area contributed by atoms with Gasteiger partial charge in [0.1, 0.15) is 5.75 Å². The van der Waals surface area contributed by atoms with Gasteiger partial charge in [0.05, 0.1) is 39.0 Å². The molecular formula is C29H30N2O5. The predicted octanol–water partition coefficient (Wildman–Crippen LogP) is 4.24. The maximum absolute atomic E-state index is 14.0. The lowest BCUT2D eigenvalue weighted by molar-refractivity contribution is -0.137. The molecular weight excluding hydrogens is 456 g/mol. The summed E-state index contributed by atoms with van der Waals surface area (Å²) in [6, 6.07) is 21.1. The van der Waals surface area contributed by atoms with E-state index in [9.17, 15) is 9.59 Å². The number of fused-ring (bicyclic) bond motifs is 1. The topological polar surface area (TPSA) is 68.3 Å². The first-order valence-corrected chi connectivity index (χ1v) is 12.1. The van der Waals surface area contributed by atoms with Gasteiger partial charge in [-0.3, -0.25) is 9.59 Å². The van der Waals surface area contributed by atoms with E-state index in [2.05, 4.69) is 0 Å². The van der Waals surface area contributed by atoms with Crippen molar-refractivity contribution in [3.8, 4) is 17.2 Å². The molecule has 0 saturated carbocycles. The van der Waals surface area contributed by atoms with Crippen LogP contribution in [0, 0.1) is 5.92 Å². The second-order valence-electron chi connectivity index (χ2n) is 9.08. The molecule has 2 aliphatic rings. The lowest BCUT2D eigenvalue weighted by Crippen LogP contribution is -2.44. The summed E-state index contributed by atoms with van der Waals surface area (Å²) in [7, 11) is 4.83. The molecule has 7 heteroatoms. The molecule has 7 nitrogen and oxygen atoms in total. The van der Waals surface area contributed by atoms with Crippen LogP contribution in [-0.2, 0) is 16.0 Å². The maximum Gasteiger partial charge on any atom is 0.228 e. The van der Waals surface area contributed by atoms with Crippen molar-refractivity contribution >= 4 is 17.5 Å². The van der Waals surface area contributed by atoms with Crippen molar-refractivity contribution < 1.29 is 23.8 Å². The quantitative estimate of drug-likeness (QED) is 0.521. The third kappa shape index (κ3) is 4.15. The van der Waals surface area contributed by atoms with Crippen LogP contribution < -0.4 is 19.1 Å². The number of carbonyl (C=O) groups is 2. The van der Waals surface area contributed by atoms with Gasteiger partial charge < -0.3 is 24.0 Å². The van der Waals surface area contributed by atoms with E-state index in [1.165, 1.54) is 0 Å². The smallest absolute Gasteiger partial charge is 0.228 e. The van der Waals surface area contributed by atoms with Crippen molar-refractivity contribution in [3.63, 3.8) is 0 Å². The zero-order valence-electron chi connectivity index (χ0n) is 20.8. The maximum atomic E-state index is 14.0. The summed E-state index contributed by atoms with van der Waals surface area (Å²) < 4.78 is 16.6. The number of methoxy groups -OCH3 is 3. The number of rotatable bonds is 6. The highest BCUT2D eigenvalue weighted by atomic mass is 16.5. The van der Waals surface area contributed by atoms with Crippen LogP contribution in [0.25, 0.3) is 0 Å². The molecule has 186 valence electrons. The normalized spacial score (nSPS) is 19.1. The first kappa shape index (κ1) is 23.7. The second kappa shape index (κ2) is 9.93. The summed E-state index contributed by atoms with van der Waals surface area (Å²) in [6.07, 6.45) is 0.870. The van der Waals surface area contributed by atoms with Gasteiger partial charge in [-0.15, -0.1) is 0 Å². The first-order valence-electron chi connectivity index (χ1n) is 12.1. The van der Waals surface area contributed by atoms with Crippen LogP contribution in [0.2, 0.25) is 0 Å². The molecule has 0 bridgehead atoms. The van der Waals surface area contributed by atoms with E-state index in [0.717, 1.165) is 16.7 Å². The molecule has 3 aromatic rings. The molecule has 2 amide bonds. The van der Waals surface area contributed by atoms with E-state index in [1.807, 2.05) is 71.6 Å². The molecule has 0 spiro atoms. The third-order valence-corrected chi connectivity index (χ3v) is 7.12. The van der Waals surface area contributed by atoms with Gasteiger partial charge in [0.2, 0.25) is 11.8 Å². The summed E-state index contributed by atoms with van der Waals surface area (Å²) in [4.78, 5) is 30.6. The van der Waals surface area contributed by atoms with Gasteiger partial charge in [-0.1, -0.05) is 42.5 Å². The van der Waals surface area contributed by atoms with Crippen LogP contribution in [-0.4, -0.2) is 51.1 Å². The number of carbonyl (C=O) groups excluding carboxylic acids is 2. The number of nitrogens with zero attached hydrogens (tertiary/aromatic N) is 2. The standard InChI is InChI=1S/C29H30N2O5/c1-34-24-12-8-7-11-23(24)31-18-21(16-27(31)32)29(33)30-14-13-20-15-25(35-2)26(36-3)17-22(20)28(30)19-9-5-4-6-10-19/h4-12,15,17,21,28H,13-14,16,18H2,1-3H3/t21-,28-/m1/s1. The Labute approximate surface area is 211 Å². The number of hydrogen-bond donors (Lipinski definition) is 0. The Morgan fingerprint density at radius 1 is 0.861 bits per heavy atom. The molecule has 0 aliphatic carbocycles. The van der Waals surface area contributed by atoms with Gasteiger partial charge in [0.15, 0.2) is 11.5 Å². The number of para-hydroxylation sites is 2. The van der Waals surface area contributed by atoms with Crippen molar-refractivity contribution in [1.29, 1.82) is 0 Å². The zero-order chi connectivity index (χ0) is 25.2. The third-order valence-electron chi connectivity index (χ3n) is 7.12. The van der Waals surface area contributed by atoms with Gasteiger partial charge in [0, 0.05) is 19.5 Å². The molecule has 0 aromatic heterocycles. The molecule has 0 radical (unpaired) electrons. The molecule has 36 heavy (non-hydrogen) atoms. The van der Waals surface area contributed by atoms with E-state index in [1.54, 1.807) is 26.2 Å². The minimum Gasteiger partial charge on any atom is -0.495 e. The van der Waals surface area contributed by atoms with Crippen molar-refractivity contribution in [3.05, 3.63) is 83.4 Å². The second-order valence-corrected chi connectivity index (χ2v) is 9.08. The molecule has 5 rings (SSSR count). The molecule has 1 fully saturated rings. The Morgan fingerprint density at radius 2 is 1.53 bits per heavy atom. The predicted molar refractivity (Wildman–Crippen MR) is 137 cm³/mol. The number of benzene rings is 3. The molecule has 2 heterocycles. The zero-order valence-corrected chi connectivity index (χ0v) is 20.8. The number of amides is 2. The highest BCUT2D eigenvalue weighted by molar-refractivity contribution is 6.01. The van der Waals surface area contributed by atoms with Crippen molar-refractivity contribution in [2.24, 2.45) is 5.92 Å². The fourth-order valence-corrected chi connectivity index (χ4v) is 5.37. The Morgan fingerprint density at radius 3 is 2.25 bits per heavy atom. The lowest BCUT2D eigenvalue weighted by atomic mass is 9.86. The minimum atomic E-state index is -0.435. The fourth-order valence-electron chi connectivity index (χ4n) is 5.37. The number of anilines is 1. The number of ether oxygens (including phenoxy) is 3. The van der Waals surface area contributed by atoms with E-state index >= 15 is 0 Å². The minimum absolute atomic E-state index is 0.0185. The van der Waals surface area contributed by atoms with E-state index in [4.69, 9.17) is 14.2 Å². The van der Waals surface area contributed by atoms with Crippen molar-refractivity contribution in [1.82, 2.24) is 4.90 Å². The Bertz CT molecular complexity index is 1280. The van der Waals surface area contributed by atoms with E-state index < -0.39 is 5.92 Å². The van der Waals surface area contributed by atoms with Crippen LogP contribution >= 0.6 is 0 Å². The molecule has 0 unspecified atom stereocenters. The summed E-state index contributed by atoms with van der Waals surface area (Å²) in [5.41, 5.74) is 3.86. The highest BCUT2D eigenvalue weighted by Gasteiger charge is 2.42. The average molecular weight is 487 g/mol. The van der Waals surface area contributed by atoms with Gasteiger partial charge in [-0.05, 0) is 47.4 Å². The molecule has 0 N–H and O–H groups in total. The van der Waals surface area contributed by atoms with Crippen LogP contribution in [0.4, 0.5) is 5.69 Å². The molecule has 2 atom stereocenters. The average Bonchev–Trinajstić information content (AvgIpc) is 3.32. The summed E-state index contributed by atoms with van der Waals surface area (Å²) >= 11 is 0. The van der Waals surface area contributed by atoms with E-state index in [0.29, 0.717) is 42.4 Å². The summed E-state index contributed by atoms with van der Waals surface area (Å²) in [5, 5.41) is 0. The lowest BCUT2D eigenvalue weighted by Gasteiger charge is -2.39. The summed E-state index contributed by atoms with van der Waals surface area (Å²) in [6.45, 7) is 0.884. The van der Waals surface area contributed by atoms with Gasteiger partial charge in [-0.25, -0.2) is 0 Å². The van der Waals surface area contributed by atoms with Crippen LogP contribution in [0.3, 0.4) is 0 Å². The van der Waals surface area contributed by atoms with Gasteiger partial charge in [0.25, 0.3) is 0 Å². The molecule has 3 aromatic carbocycles. The van der Waals surface area contributed by atoms with Crippen molar-refractivity contribution in [2.45, 2.75) is 18.9 Å². The van der Waals surface area contributed by atoms with Crippen LogP contribution in [0.5, 0.6) is 17.2 Å². The van der Waals surface area contributed by atoms with Gasteiger partial charge in [-0.2, -0.15) is 0 Å². The monoisotopic (exact) mass is 486 g/mol. The van der Waals surface area contributed by atoms with Crippen LogP contribution in [0.15, 0.2) is 66.7 Å². The Kier molecular flexibility index (Phi) is 6.55. The molecule has 2 aliphatic heterocycles. The highest BCUT2D eigenvalue weighted by Crippen LogP contribution is 2.42. The molecule has 1 saturated heterocycles. The van der Waals surface area contributed by atoms with Crippen molar-refractivity contribution in [2.75, 3.05) is 39.3 Å². The largest absolute Gasteiger partial charge is 0.495 e. The SMILES string of the molecule is COc1cc2c(cc1OC)[C@@H](c1ccccc1)N(C(=O)[C@@H]1CC(=O)N(c3ccccc3OC)C1)CC2. The fraction of sp³-hybridized carbons (Fsp3) is 0.310. The Hall–Kier alpha value is -4.00. The van der Waals surface area contributed by atoms with Crippen LogP contribution in [0.1, 0.15) is 29.2 Å². The first-order chi connectivity index (χ1) is 17.5. The summed E-state index contributed by atoms with van der Waals surface area (Å²) in [5.74, 6) is 1.40. The van der Waals surface area contributed by atoms with E-state index in [-0.39, 0.29) is 24.3 Å². The van der Waals surface area contributed by atoms with Gasteiger partial charge >= 0.3 is 0 Å².